The van der Waals surface area contributed by atoms with Crippen LogP contribution in [0.5, 0.6) is 0 Å². The van der Waals surface area contributed by atoms with Crippen LogP contribution in [0.1, 0.15) is 25.8 Å². The second-order valence-corrected chi connectivity index (χ2v) is 5.94. The van der Waals surface area contributed by atoms with Crippen molar-refractivity contribution >= 4 is 15.9 Å². The average Bonchev–Trinajstić information content (AvgIpc) is 2.93. The molecule has 1 N–H and O–H groups in total. The number of hydrogen-bond donors (Lipinski definition) is 1. The van der Waals surface area contributed by atoms with Crippen LogP contribution < -0.4 is 5.32 Å². The smallest absolute Gasteiger partial charge is 0.124 e. The standard InChI is InChI=1S/C14H19BrFN/c1-3-17-14(13-4-9(13)2)7-10-5-11(15)8-12(16)6-10/h5-6,8-9,13-14,17H,3-4,7H2,1-2H3. The number of likely N-dealkylation sites (N-methyl/N-ethyl adjacent to an activating group) is 1. The largest absolute Gasteiger partial charge is 0.314 e. The van der Waals surface area contributed by atoms with Crippen LogP contribution in [0.25, 0.3) is 0 Å². The Kier molecular flexibility index (Phi) is 4.21. The molecule has 2 rings (SSSR count). The predicted octanol–water partition coefficient (Wildman–Crippen LogP) is 3.76. The van der Waals surface area contributed by atoms with E-state index in [0.717, 1.165) is 34.8 Å². The molecule has 0 aromatic heterocycles. The molecular formula is C14H19BrFN. The van der Waals surface area contributed by atoms with E-state index < -0.39 is 0 Å². The Morgan fingerprint density at radius 1 is 1.47 bits per heavy atom. The van der Waals surface area contributed by atoms with Gasteiger partial charge in [0.15, 0.2) is 0 Å². The molecule has 0 amide bonds. The first kappa shape index (κ1) is 13.0. The van der Waals surface area contributed by atoms with Crippen LogP contribution in [-0.2, 0) is 6.42 Å². The fourth-order valence-corrected chi connectivity index (χ4v) is 3.04. The van der Waals surface area contributed by atoms with E-state index in [1.165, 1.54) is 12.5 Å². The fourth-order valence-electron chi connectivity index (χ4n) is 2.53. The van der Waals surface area contributed by atoms with Gasteiger partial charge in [-0.1, -0.05) is 29.8 Å². The highest BCUT2D eigenvalue weighted by molar-refractivity contribution is 9.10. The lowest BCUT2D eigenvalue weighted by molar-refractivity contribution is 0.453. The number of hydrogen-bond acceptors (Lipinski definition) is 1. The van der Waals surface area contributed by atoms with Crippen LogP contribution in [-0.4, -0.2) is 12.6 Å². The van der Waals surface area contributed by atoms with Gasteiger partial charge in [-0.3, -0.25) is 0 Å². The summed E-state index contributed by atoms with van der Waals surface area (Å²) in [5.74, 6) is 1.42. The van der Waals surface area contributed by atoms with E-state index in [2.05, 4.69) is 35.1 Å². The van der Waals surface area contributed by atoms with Gasteiger partial charge in [-0.2, -0.15) is 0 Å². The predicted molar refractivity (Wildman–Crippen MR) is 72.5 cm³/mol. The maximum Gasteiger partial charge on any atom is 0.124 e. The van der Waals surface area contributed by atoms with Crippen LogP contribution in [0.4, 0.5) is 4.39 Å². The first-order chi connectivity index (χ1) is 8.10. The van der Waals surface area contributed by atoms with Crippen LogP contribution in [0.15, 0.2) is 22.7 Å². The molecular weight excluding hydrogens is 281 g/mol. The summed E-state index contributed by atoms with van der Waals surface area (Å²) in [6.45, 7) is 5.39. The van der Waals surface area contributed by atoms with Crippen LogP contribution in [0.3, 0.4) is 0 Å². The van der Waals surface area contributed by atoms with Gasteiger partial charge < -0.3 is 5.32 Å². The lowest BCUT2D eigenvalue weighted by Crippen LogP contribution is -2.33. The topological polar surface area (TPSA) is 12.0 Å². The van der Waals surface area contributed by atoms with E-state index >= 15 is 0 Å². The van der Waals surface area contributed by atoms with Crippen molar-refractivity contribution in [2.75, 3.05) is 6.54 Å². The molecule has 1 aliphatic rings. The molecule has 1 aliphatic carbocycles. The van der Waals surface area contributed by atoms with Gasteiger partial charge in [0.2, 0.25) is 0 Å². The van der Waals surface area contributed by atoms with E-state index in [-0.39, 0.29) is 5.82 Å². The first-order valence-corrected chi connectivity index (χ1v) is 7.07. The van der Waals surface area contributed by atoms with Crippen molar-refractivity contribution in [2.45, 2.75) is 32.7 Å². The van der Waals surface area contributed by atoms with Crippen molar-refractivity contribution in [2.24, 2.45) is 11.8 Å². The molecule has 1 fully saturated rings. The Hall–Kier alpha value is -0.410. The van der Waals surface area contributed by atoms with E-state index in [1.54, 1.807) is 6.07 Å². The van der Waals surface area contributed by atoms with E-state index in [4.69, 9.17) is 0 Å². The zero-order valence-corrected chi connectivity index (χ0v) is 11.9. The molecule has 0 bridgehead atoms. The Balaban J connectivity index is 2.06. The van der Waals surface area contributed by atoms with Crippen molar-refractivity contribution in [3.05, 3.63) is 34.1 Å². The van der Waals surface area contributed by atoms with Crippen LogP contribution in [0, 0.1) is 17.7 Å². The van der Waals surface area contributed by atoms with Gasteiger partial charge in [0.1, 0.15) is 5.82 Å². The molecule has 3 unspecified atom stereocenters. The highest BCUT2D eigenvalue weighted by atomic mass is 79.9. The normalized spacial score (nSPS) is 24.7. The van der Waals surface area contributed by atoms with E-state index in [0.29, 0.717) is 6.04 Å². The summed E-state index contributed by atoms with van der Waals surface area (Å²) in [5.41, 5.74) is 1.07. The molecule has 0 heterocycles. The van der Waals surface area contributed by atoms with Gasteiger partial charge in [-0.15, -0.1) is 0 Å². The zero-order chi connectivity index (χ0) is 12.4. The van der Waals surface area contributed by atoms with Crippen molar-refractivity contribution in [1.82, 2.24) is 5.32 Å². The van der Waals surface area contributed by atoms with E-state index in [1.807, 2.05) is 6.07 Å². The van der Waals surface area contributed by atoms with E-state index in [9.17, 15) is 4.39 Å². The molecule has 0 spiro atoms. The maximum absolute atomic E-state index is 13.3. The minimum absolute atomic E-state index is 0.159. The molecule has 94 valence electrons. The SMILES string of the molecule is CCNC(Cc1cc(F)cc(Br)c1)C1CC1C. The Labute approximate surface area is 111 Å². The van der Waals surface area contributed by atoms with Gasteiger partial charge in [-0.25, -0.2) is 4.39 Å². The van der Waals surface area contributed by atoms with Gasteiger partial charge in [0, 0.05) is 10.5 Å². The Morgan fingerprint density at radius 3 is 2.71 bits per heavy atom. The monoisotopic (exact) mass is 299 g/mol. The second kappa shape index (κ2) is 5.49. The molecule has 1 aromatic carbocycles. The summed E-state index contributed by atoms with van der Waals surface area (Å²) in [6, 6.07) is 5.65. The summed E-state index contributed by atoms with van der Waals surface area (Å²) in [7, 11) is 0. The number of halogens is 2. The lowest BCUT2D eigenvalue weighted by atomic mass is 10.0. The summed E-state index contributed by atoms with van der Waals surface area (Å²) in [4.78, 5) is 0. The lowest BCUT2D eigenvalue weighted by Gasteiger charge is -2.18. The van der Waals surface area contributed by atoms with Crippen molar-refractivity contribution < 1.29 is 4.39 Å². The van der Waals surface area contributed by atoms with Crippen LogP contribution >= 0.6 is 15.9 Å². The molecule has 17 heavy (non-hydrogen) atoms. The third kappa shape index (κ3) is 3.52. The Bertz CT molecular complexity index is 374. The second-order valence-electron chi connectivity index (χ2n) is 5.02. The first-order valence-electron chi connectivity index (χ1n) is 6.28. The molecule has 3 atom stereocenters. The third-order valence-corrected chi connectivity index (χ3v) is 3.99. The highest BCUT2D eigenvalue weighted by Crippen LogP contribution is 2.41. The molecule has 0 aliphatic heterocycles. The van der Waals surface area contributed by atoms with Gasteiger partial charge in [0.25, 0.3) is 0 Å². The average molecular weight is 300 g/mol. The van der Waals surface area contributed by atoms with Crippen molar-refractivity contribution in [3.63, 3.8) is 0 Å². The molecule has 1 aromatic rings. The summed E-state index contributed by atoms with van der Waals surface area (Å²) in [5, 5.41) is 3.52. The Morgan fingerprint density at radius 2 is 2.18 bits per heavy atom. The van der Waals surface area contributed by atoms with Crippen molar-refractivity contribution in [1.29, 1.82) is 0 Å². The number of nitrogens with one attached hydrogen (secondary N) is 1. The maximum atomic E-state index is 13.3. The fraction of sp³-hybridized carbons (Fsp3) is 0.571. The molecule has 0 radical (unpaired) electrons. The number of rotatable bonds is 5. The summed E-state index contributed by atoms with van der Waals surface area (Å²) >= 11 is 3.35. The molecule has 1 nitrogen and oxygen atoms in total. The minimum atomic E-state index is -0.159. The van der Waals surface area contributed by atoms with Gasteiger partial charge >= 0.3 is 0 Å². The van der Waals surface area contributed by atoms with Gasteiger partial charge in [-0.05, 0) is 55.0 Å². The third-order valence-electron chi connectivity index (χ3n) is 3.53. The van der Waals surface area contributed by atoms with Gasteiger partial charge in [0.05, 0.1) is 0 Å². The molecule has 1 saturated carbocycles. The molecule has 0 saturated heterocycles. The minimum Gasteiger partial charge on any atom is -0.314 e. The number of benzene rings is 1. The summed E-state index contributed by atoms with van der Waals surface area (Å²) in [6.07, 6.45) is 2.22. The molecule has 3 heteroatoms. The van der Waals surface area contributed by atoms with Crippen LogP contribution in [0.2, 0.25) is 0 Å². The zero-order valence-electron chi connectivity index (χ0n) is 10.3. The summed E-state index contributed by atoms with van der Waals surface area (Å²) < 4.78 is 14.1. The highest BCUT2D eigenvalue weighted by Gasteiger charge is 2.38. The van der Waals surface area contributed by atoms with Crippen molar-refractivity contribution in [3.8, 4) is 0 Å². The quantitative estimate of drug-likeness (QED) is 0.873.